The van der Waals surface area contributed by atoms with Crippen LogP contribution >= 0.6 is 24.0 Å². The van der Waals surface area contributed by atoms with Crippen LogP contribution < -0.4 is 5.32 Å². The first-order valence-corrected chi connectivity index (χ1v) is 9.77. The van der Waals surface area contributed by atoms with E-state index >= 15 is 0 Å². The zero-order chi connectivity index (χ0) is 17.3. The minimum absolute atomic E-state index is 0. The SMILES string of the molecule is CCNC(=NCCCCN1CCOCC1)N1CCc2ccccc2C1.I. The minimum atomic E-state index is 0. The molecule has 1 fully saturated rings. The number of fused-ring (bicyclic) bond motifs is 1. The van der Waals surface area contributed by atoms with Crippen molar-refractivity contribution in [2.45, 2.75) is 32.7 Å². The molecule has 0 unspecified atom stereocenters. The van der Waals surface area contributed by atoms with E-state index in [1.807, 2.05) is 0 Å². The van der Waals surface area contributed by atoms with Crippen LogP contribution in [0.15, 0.2) is 29.3 Å². The fraction of sp³-hybridized carbons (Fsp3) is 0.650. The maximum absolute atomic E-state index is 5.40. The molecule has 1 aromatic carbocycles. The molecule has 146 valence electrons. The molecule has 2 aliphatic heterocycles. The Morgan fingerprint density at radius 1 is 1.12 bits per heavy atom. The summed E-state index contributed by atoms with van der Waals surface area (Å²) in [6.07, 6.45) is 3.47. The molecule has 1 N–H and O–H groups in total. The summed E-state index contributed by atoms with van der Waals surface area (Å²) in [5, 5.41) is 3.47. The molecule has 5 nitrogen and oxygen atoms in total. The van der Waals surface area contributed by atoms with Gasteiger partial charge in [0.25, 0.3) is 0 Å². The predicted molar refractivity (Wildman–Crippen MR) is 118 cm³/mol. The zero-order valence-corrected chi connectivity index (χ0v) is 18.3. The molecular weight excluding hydrogens is 439 g/mol. The van der Waals surface area contributed by atoms with Crippen molar-refractivity contribution in [3.8, 4) is 0 Å². The van der Waals surface area contributed by atoms with Gasteiger partial charge in [-0.05, 0) is 43.9 Å². The number of aliphatic imine (C=N–C) groups is 1. The van der Waals surface area contributed by atoms with Crippen LogP contribution in [0.5, 0.6) is 0 Å². The minimum Gasteiger partial charge on any atom is -0.379 e. The van der Waals surface area contributed by atoms with Crippen LogP contribution in [0.25, 0.3) is 0 Å². The van der Waals surface area contributed by atoms with Gasteiger partial charge < -0.3 is 15.0 Å². The van der Waals surface area contributed by atoms with Crippen molar-refractivity contribution in [1.29, 1.82) is 0 Å². The van der Waals surface area contributed by atoms with Gasteiger partial charge in [-0.3, -0.25) is 9.89 Å². The van der Waals surface area contributed by atoms with Crippen LogP contribution in [0, 0.1) is 0 Å². The van der Waals surface area contributed by atoms with Crippen molar-refractivity contribution in [3.63, 3.8) is 0 Å². The van der Waals surface area contributed by atoms with Gasteiger partial charge in [0.2, 0.25) is 0 Å². The molecule has 0 radical (unpaired) electrons. The second kappa shape index (κ2) is 11.8. The summed E-state index contributed by atoms with van der Waals surface area (Å²) in [6.45, 7) is 11.1. The molecule has 0 amide bonds. The molecule has 1 saturated heterocycles. The number of hydrogen-bond acceptors (Lipinski definition) is 3. The maximum Gasteiger partial charge on any atom is 0.194 e. The summed E-state index contributed by atoms with van der Waals surface area (Å²) in [4.78, 5) is 9.78. The Hall–Kier alpha value is -0.860. The number of nitrogens with one attached hydrogen (secondary N) is 1. The highest BCUT2D eigenvalue weighted by Gasteiger charge is 2.18. The van der Waals surface area contributed by atoms with E-state index in [1.54, 1.807) is 0 Å². The highest BCUT2D eigenvalue weighted by Crippen LogP contribution is 2.18. The van der Waals surface area contributed by atoms with Crippen molar-refractivity contribution in [1.82, 2.24) is 15.1 Å². The number of hydrogen-bond donors (Lipinski definition) is 1. The summed E-state index contributed by atoms with van der Waals surface area (Å²) < 4.78 is 5.40. The van der Waals surface area contributed by atoms with Crippen LogP contribution in [0.3, 0.4) is 0 Å². The Kier molecular flexibility index (Phi) is 9.71. The smallest absolute Gasteiger partial charge is 0.194 e. The lowest BCUT2D eigenvalue weighted by molar-refractivity contribution is 0.0373. The second-order valence-electron chi connectivity index (χ2n) is 6.84. The Labute approximate surface area is 175 Å². The average Bonchev–Trinajstić information content (AvgIpc) is 2.67. The molecule has 2 heterocycles. The molecule has 0 spiro atoms. The predicted octanol–water partition coefficient (Wildman–Crippen LogP) is 2.74. The summed E-state index contributed by atoms with van der Waals surface area (Å²) in [5.41, 5.74) is 2.92. The molecule has 6 heteroatoms. The Morgan fingerprint density at radius 2 is 1.88 bits per heavy atom. The molecule has 0 bridgehead atoms. The van der Waals surface area contributed by atoms with Gasteiger partial charge in [0.15, 0.2) is 5.96 Å². The zero-order valence-electron chi connectivity index (χ0n) is 16.0. The normalized spacial score (nSPS) is 18.2. The molecule has 1 aromatic rings. The first-order chi connectivity index (χ1) is 12.4. The number of benzene rings is 1. The highest BCUT2D eigenvalue weighted by atomic mass is 127. The van der Waals surface area contributed by atoms with E-state index in [4.69, 9.17) is 9.73 Å². The number of halogens is 1. The number of guanidine groups is 1. The monoisotopic (exact) mass is 472 g/mol. The van der Waals surface area contributed by atoms with E-state index in [0.29, 0.717) is 0 Å². The van der Waals surface area contributed by atoms with Crippen molar-refractivity contribution in [2.24, 2.45) is 4.99 Å². The molecule has 3 rings (SSSR count). The molecule has 26 heavy (non-hydrogen) atoms. The average molecular weight is 472 g/mol. The van der Waals surface area contributed by atoms with Gasteiger partial charge in [-0.1, -0.05) is 24.3 Å². The standard InChI is InChI=1S/C20H32N4O.HI/c1-2-21-20(22-10-5-6-11-23-13-15-25-16-14-23)24-12-9-18-7-3-4-8-19(18)17-24;/h3-4,7-8H,2,5-6,9-17H2,1H3,(H,21,22);1H. The van der Waals surface area contributed by atoms with Crippen molar-refractivity contribution in [3.05, 3.63) is 35.4 Å². The van der Waals surface area contributed by atoms with Gasteiger partial charge in [-0.2, -0.15) is 0 Å². The summed E-state index contributed by atoms with van der Waals surface area (Å²) >= 11 is 0. The van der Waals surface area contributed by atoms with Crippen LogP contribution in [-0.4, -0.2) is 68.2 Å². The third kappa shape index (κ3) is 6.39. The van der Waals surface area contributed by atoms with Crippen LogP contribution in [0.1, 0.15) is 30.9 Å². The number of unbranched alkanes of at least 4 members (excludes halogenated alkanes) is 1. The van der Waals surface area contributed by atoms with Crippen molar-refractivity contribution < 1.29 is 4.74 Å². The highest BCUT2D eigenvalue weighted by molar-refractivity contribution is 14.0. The lowest BCUT2D eigenvalue weighted by atomic mass is 10.0. The third-order valence-corrected chi connectivity index (χ3v) is 5.01. The van der Waals surface area contributed by atoms with Crippen LogP contribution in [-0.2, 0) is 17.7 Å². The van der Waals surface area contributed by atoms with Crippen LogP contribution in [0.2, 0.25) is 0 Å². The van der Waals surface area contributed by atoms with E-state index < -0.39 is 0 Å². The molecule has 0 aliphatic carbocycles. The van der Waals surface area contributed by atoms with Gasteiger partial charge in [0.1, 0.15) is 0 Å². The fourth-order valence-electron chi connectivity index (χ4n) is 3.56. The van der Waals surface area contributed by atoms with Gasteiger partial charge in [0.05, 0.1) is 13.2 Å². The summed E-state index contributed by atoms with van der Waals surface area (Å²) in [5.74, 6) is 1.07. The topological polar surface area (TPSA) is 40.1 Å². The number of nitrogens with zero attached hydrogens (tertiary/aromatic N) is 3. The fourth-order valence-corrected chi connectivity index (χ4v) is 3.56. The number of morpholine rings is 1. The Balaban J connectivity index is 0.00000243. The first kappa shape index (κ1) is 21.4. The van der Waals surface area contributed by atoms with E-state index in [2.05, 4.69) is 46.3 Å². The first-order valence-electron chi connectivity index (χ1n) is 9.77. The Morgan fingerprint density at radius 3 is 2.65 bits per heavy atom. The van der Waals surface area contributed by atoms with Gasteiger partial charge in [-0.15, -0.1) is 24.0 Å². The van der Waals surface area contributed by atoms with E-state index in [9.17, 15) is 0 Å². The summed E-state index contributed by atoms with van der Waals surface area (Å²) in [6, 6.07) is 8.77. The quantitative estimate of drug-likeness (QED) is 0.299. The summed E-state index contributed by atoms with van der Waals surface area (Å²) in [7, 11) is 0. The maximum atomic E-state index is 5.40. The van der Waals surface area contributed by atoms with Gasteiger partial charge in [-0.25, -0.2) is 0 Å². The van der Waals surface area contributed by atoms with E-state index in [-0.39, 0.29) is 24.0 Å². The largest absolute Gasteiger partial charge is 0.379 e. The van der Waals surface area contributed by atoms with E-state index in [1.165, 1.54) is 24.1 Å². The molecule has 0 aromatic heterocycles. The number of rotatable bonds is 6. The van der Waals surface area contributed by atoms with E-state index in [0.717, 1.165) is 71.3 Å². The third-order valence-electron chi connectivity index (χ3n) is 5.01. The van der Waals surface area contributed by atoms with Crippen LogP contribution in [0.4, 0.5) is 0 Å². The lowest BCUT2D eigenvalue weighted by Gasteiger charge is -2.31. The number of ether oxygens (including phenoxy) is 1. The van der Waals surface area contributed by atoms with Gasteiger partial charge >= 0.3 is 0 Å². The molecule has 0 atom stereocenters. The van der Waals surface area contributed by atoms with Crippen molar-refractivity contribution in [2.75, 3.05) is 52.5 Å². The molecule has 2 aliphatic rings. The van der Waals surface area contributed by atoms with Gasteiger partial charge in [0, 0.05) is 39.3 Å². The van der Waals surface area contributed by atoms with Crippen molar-refractivity contribution >= 4 is 29.9 Å². The molecule has 0 saturated carbocycles. The Bertz CT molecular complexity index is 560. The molecular formula is C20H33IN4O. The lowest BCUT2D eigenvalue weighted by Crippen LogP contribution is -2.44. The second-order valence-corrected chi connectivity index (χ2v) is 6.84.